The van der Waals surface area contributed by atoms with Crippen molar-refractivity contribution in [2.75, 3.05) is 54.1 Å². The molecule has 0 aromatic heterocycles. The predicted molar refractivity (Wildman–Crippen MR) is 138 cm³/mol. The first-order valence-corrected chi connectivity index (χ1v) is 12.6. The van der Waals surface area contributed by atoms with Crippen LogP contribution in [0.5, 0.6) is 17.2 Å². The molecule has 0 bridgehead atoms. The number of ether oxygens (including phenoxy) is 3. The van der Waals surface area contributed by atoms with Crippen LogP contribution >= 0.6 is 0 Å². The molecule has 3 amide bonds. The van der Waals surface area contributed by atoms with Crippen LogP contribution in [0.1, 0.15) is 53.7 Å². The molecular weight excluding hydrogens is 474 g/mol. The lowest BCUT2D eigenvalue weighted by atomic mass is 9.78. The largest absolute Gasteiger partial charge is 0.493 e. The molecule has 0 aliphatic carbocycles. The van der Waals surface area contributed by atoms with E-state index in [2.05, 4.69) is 0 Å². The van der Waals surface area contributed by atoms with Gasteiger partial charge in [-0.1, -0.05) is 25.1 Å². The number of methoxy groups -OCH3 is 3. The quantitative estimate of drug-likeness (QED) is 0.570. The Labute approximate surface area is 217 Å². The summed E-state index contributed by atoms with van der Waals surface area (Å²) in [6, 6.07) is 10.4. The van der Waals surface area contributed by atoms with Crippen molar-refractivity contribution in [2.45, 2.75) is 32.2 Å². The van der Waals surface area contributed by atoms with Crippen LogP contribution in [-0.2, 0) is 9.59 Å². The summed E-state index contributed by atoms with van der Waals surface area (Å²) < 4.78 is 16.7. The van der Waals surface area contributed by atoms with Gasteiger partial charge in [-0.05, 0) is 35.7 Å². The molecule has 2 aliphatic rings. The van der Waals surface area contributed by atoms with Gasteiger partial charge >= 0.3 is 0 Å². The Hall–Kier alpha value is -3.75. The lowest BCUT2D eigenvalue weighted by Crippen LogP contribution is -2.54. The first-order valence-electron chi connectivity index (χ1n) is 12.6. The van der Waals surface area contributed by atoms with Crippen LogP contribution in [0.15, 0.2) is 36.4 Å². The molecule has 1 saturated heterocycles. The van der Waals surface area contributed by atoms with Crippen LogP contribution in [0.2, 0.25) is 0 Å². The molecule has 2 aliphatic heterocycles. The third-order valence-corrected chi connectivity index (χ3v) is 7.23. The fraction of sp³-hybridized carbons (Fsp3) is 0.464. The van der Waals surface area contributed by atoms with Crippen molar-refractivity contribution in [3.63, 3.8) is 0 Å². The number of carbonyl (C=O) groups excluding carboxylic acids is 3. The van der Waals surface area contributed by atoms with Gasteiger partial charge in [-0.15, -0.1) is 0 Å². The van der Waals surface area contributed by atoms with E-state index in [1.807, 2.05) is 42.2 Å². The van der Waals surface area contributed by atoms with Crippen molar-refractivity contribution in [2.24, 2.45) is 0 Å². The van der Waals surface area contributed by atoms with Crippen molar-refractivity contribution in [1.29, 1.82) is 0 Å². The van der Waals surface area contributed by atoms with E-state index in [-0.39, 0.29) is 17.7 Å². The number of nitrogens with zero attached hydrogens (tertiary/aromatic N) is 3. The molecular formula is C28H35N3O6. The topological polar surface area (TPSA) is 88.6 Å². The minimum Gasteiger partial charge on any atom is -0.493 e. The third kappa shape index (κ3) is 4.82. The van der Waals surface area contributed by atoms with Gasteiger partial charge in [0, 0.05) is 45.2 Å². The zero-order valence-electron chi connectivity index (χ0n) is 22.2. The Morgan fingerprint density at radius 1 is 0.919 bits per heavy atom. The van der Waals surface area contributed by atoms with Crippen LogP contribution in [0, 0.1) is 0 Å². The minimum atomic E-state index is -0.632. The van der Waals surface area contributed by atoms with E-state index in [0.717, 1.165) is 12.0 Å². The van der Waals surface area contributed by atoms with Crippen LogP contribution in [-0.4, -0.2) is 86.5 Å². The summed E-state index contributed by atoms with van der Waals surface area (Å²) in [5.41, 5.74) is 1.98. The van der Waals surface area contributed by atoms with Crippen molar-refractivity contribution < 1.29 is 28.6 Å². The molecule has 2 heterocycles. The second kappa shape index (κ2) is 11.1. The van der Waals surface area contributed by atoms with Crippen molar-refractivity contribution in [3.05, 3.63) is 53.1 Å². The second-order valence-electron chi connectivity index (χ2n) is 9.30. The average molecular weight is 510 g/mol. The van der Waals surface area contributed by atoms with E-state index < -0.39 is 12.0 Å². The highest BCUT2D eigenvalue weighted by Gasteiger charge is 2.46. The van der Waals surface area contributed by atoms with E-state index in [9.17, 15) is 14.4 Å². The normalized spacial score (nSPS) is 19.4. The summed E-state index contributed by atoms with van der Waals surface area (Å²) in [6.07, 6.45) is 0.729. The minimum absolute atomic E-state index is 0.00475. The molecule has 0 radical (unpaired) electrons. The van der Waals surface area contributed by atoms with Gasteiger partial charge in [0.15, 0.2) is 11.5 Å². The Morgan fingerprint density at radius 3 is 2.05 bits per heavy atom. The standard InChI is InChI=1S/C28H35N3O6/c1-6-11-31-25(19-16-22(35-3)26(37-5)23(17-19)36-4)24(20-9-7-8-10-21(20)27(31)33)28(34)30-14-12-29(13-15-30)18(2)32/h7-10,16-17,24-25H,6,11-15H2,1-5H3. The fourth-order valence-electron chi connectivity index (χ4n) is 5.43. The molecule has 0 spiro atoms. The van der Waals surface area contributed by atoms with Gasteiger partial charge in [0.2, 0.25) is 17.6 Å². The third-order valence-electron chi connectivity index (χ3n) is 7.23. The lowest BCUT2D eigenvalue weighted by molar-refractivity contribution is -0.140. The summed E-state index contributed by atoms with van der Waals surface area (Å²) in [5, 5.41) is 0. The summed E-state index contributed by atoms with van der Waals surface area (Å²) in [4.78, 5) is 45.2. The van der Waals surface area contributed by atoms with Crippen LogP contribution in [0.3, 0.4) is 0 Å². The van der Waals surface area contributed by atoms with Gasteiger partial charge in [-0.2, -0.15) is 0 Å². The maximum atomic E-state index is 14.3. The zero-order valence-corrected chi connectivity index (χ0v) is 22.2. The van der Waals surface area contributed by atoms with Gasteiger partial charge in [-0.25, -0.2) is 0 Å². The molecule has 9 heteroatoms. The molecule has 0 N–H and O–H groups in total. The Kier molecular flexibility index (Phi) is 7.90. The molecule has 2 aromatic carbocycles. The first kappa shape index (κ1) is 26.3. The van der Waals surface area contributed by atoms with E-state index in [4.69, 9.17) is 14.2 Å². The molecule has 4 rings (SSSR count). The highest BCUT2D eigenvalue weighted by Crippen LogP contribution is 2.48. The monoisotopic (exact) mass is 509 g/mol. The summed E-state index contributed by atoms with van der Waals surface area (Å²) in [7, 11) is 4.63. The SMILES string of the molecule is CCCN1C(=O)c2ccccc2C(C(=O)N2CCN(C(C)=O)CC2)C1c1cc(OC)c(OC)c(OC)c1. The van der Waals surface area contributed by atoms with Gasteiger partial charge in [0.05, 0.1) is 33.3 Å². The number of hydrogen-bond donors (Lipinski definition) is 0. The van der Waals surface area contributed by atoms with E-state index in [0.29, 0.717) is 61.1 Å². The highest BCUT2D eigenvalue weighted by atomic mass is 16.5. The van der Waals surface area contributed by atoms with Crippen molar-refractivity contribution in [3.8, 4) is 17.2 Å². The van der Waals surface area contributed by atoms with Crippen LogP contribution in [0.25, 0.3) is 0 Å². The van der Waals surface area contributed by atoms with Crippen LogP contribution < -0.4 is 14.2 Å². The maximum absolute atomic E-state index is 14.3. The van der Waals surface area contributed by atoms with Gasteiger partial charge < -0.3 is 28.9 Å². The average Bonchev–Trinajstić information content (AvgIpc) is 2.93. The molecule has 2 atom stereocenters. The molecule has 9 nitrogen and oxygen atoms in total. The van der Waals surface area contributed by atoms with Gasteiger partial charge in [0.1, 0.15) is 0 Å². The molecule has 1 fully saturated rings. The smallest absolute Gasteiger partial charge is 0.254 e. The van der Waals surface area contributed by atoms with E-state index >= 15 is 0 Å². The summed E-state index contributed by atoms with van der Waals surface area (Å²) in [6.45, 7) is 5.91. The summed E-state index contributed by atoms with van der Waals surface area (Å²) in [5.74, 6) is 0.560. The van der Waals surface area contributed by atoms with Crippen molar-refractivity contribution in [1.82, 2.24) is 14.7 Å². The van der Waals surface area contributed by atoms with E-state index in [1.165, 1.54) is 7.11 Å². The molecule has 2 aromatic rings. The number of hydrogen-bond acceptors (Lipinski definition) is 6. The number of amides is 3. The highest BCUT2D eigenvalue weighted by molar-refractivity contribution is 6.01. The number of carbonyl (C=O) groups is 3. The zero-order chi connectivity index (χ0) is 26.7. The number of benzene rings is 2. The van der Waals surface area contributed by atoms with Crippen molar-refractivity contribution >= 4 is 17.7 Å². The molecule has 198 valence electrons. The molecule has 0 saturated carbocycles. The van der Waals surface area contributed by atoms with Gasteiger partial charge in [0.25, 0.3) is 5.91 Å². The van der Waals surface area contributed by atoms with Gasteiger partial charge in [-0.3, -0.25) is 14.4 Å². The number of piperazine rings is 1. The summed E-state index contributed by atoms with van der Waals surface area (Å²) >= 11 is 0. The Balaban J connectivity index is 1.86. The number of fused-ring (bicyclic) bond motifs is 1. The lowest BCUT2D eigenvalue weighted by Gasteiger charge is -2.44. The Bertz CT molecular complexity index is 1150. The maximum Gasteiger partial charge on any atom is 0.254 e. The van der Waals surface area contributed by atoms with E-state index in [1.54, 1.807) is 37.0 Å². The van der Waals surface area contributed by atoms with Crippen LogP contribution in [0.4, 0.5) is 0 Å². The molecule has 37 heavy (non-hydrogen) atoms. The Morgan fingerprint density at radius 2 is 1.51 bits per heavy atom. The fourth-order valence-corrected chi connectivity index (χ4v) is 5.43. The predicted octanol–water partition coefficient (Wildman–Crippen LogP) is 3.09. The number of rotatable bonds is 7. The second-order valence-corrected chi connectivity index (χ2v) is 9.30. The molecule has 2 unspecified atom stereocenters. The first-order chi connectivity index (χ1) is 17.9.